The van der Waals surface area contributed by atoms with Crippen LogP contribution in [0.2, 0.25) is 0 Å². The summed E-state index contributed by atoms with van der Waals surface area (Å²) in [7, 11) is -2.49. The van der Waals surface area contributed by atoms with E-state index in [0.29, 0.717) is 18.6 Å². The lowest BCUT2D eigenvalue weighted by Gasteiger charge is -2.36. The molecular weight excluding hydrogens is 412 g/mol. The number of hydrogen-bond donors (Lipinski definition) is 3. The van der Waals surface area contributed by atoms with E-state index in [1.54, 1.807) is 13.2 Å². The van der Waals surface area contributed by atoms with E-state index in [1.807, 2.05) is 23.5 Å². The maximum Gasteiger partial charge on any atom is 0.321 e. The number of benzene rings is 1. The number of hydrogen-bond acceptors (Lipinski definition) is 6. The lowest BCUT2D eigenvalue weighted by Crippen LogP contribution is -2.65. The van der Waals surface area contributed by atoms with Gasteiger partial charge in [0, 0.05) is 25.2 Å². The molecule has 2 saturated heterocycles. The molecule has 0 aliphatic carbocycles. The molecular formula is C19H26N4O6S. The summed E-state index contributed by atoms with van der Waals surface area (Å²) in [5, 5.41) is 5.84. The number of nitrogens with one attached hydrogen (secondary N) is 3. The summed E-state index contributed by atoms with van der Waals surface area (Å²) >= 11 is 0. The molecule has 3 rings (SSSR count). The normalized spacial score (nSPS) is 25.2. The fraction of sp³-hybridized carbons (Fsp3) is 0.526. The highest BCUT2D eigenvalue weighted by Crippen LogP contribution is 2.24. The van der Waals surface area contributed by atoms with Crippen LogP contribution < -0.4 is 20.7 Å². The van der Waals surface area contributed by atoms with Gasteiger partial charge in [0.25, 0.3) is 0 Å². The minimum absolute atomic E-state index is 0.00939. The number of sulfonamides is 1. The minimum atomic E-state index is -4.04. The predicted octanol–water partition coefficient (Wildman–Crippen LogP) is -0.0503. The van der Waals surface area contributed by atoms with E-state index in [-0.39, 0.29) is 25.5 Å². The van der Waals surface area contributed by atoms with Gasteiger partial charge in [0.2, 0.25) is 21.8 Å². The van der Waals surface area contributed by atoms with Crippen molar-refractivity contribution in [2.45, 2.75) is 37.6 Å². The number of ether oxygens (including phenoxy) is 1. The number of methoxy groups -OCH3 is 1. The van der Waals surface area contributed by atoms with Gasteiger partial charge in [-0.05, 0) is 25.8 Å². The number of nitrogens with zero attached hydrogens (tertiary/aromatic N) is 1. The number of carbonyl (C=O) groups is 3. The van der Waals surface area contributed by atoms with Gasteiger partial charge in [-0.15, -0.1) is 0 Å². The molecule has 0 saturated carbocycles. The molecule has 2 fully saturated rings. The molecule has 3 unspecified atom stereocenters. The van der Waals surface area contributed by atoms with Gasteiger partial charge in [0.05, 0.1) is 19.1 Å². The molecule has 11 heteroatoms. The zero-order valence-electron chi connectivity index (χ0n) is 16.9. The molecule has 3 N–H and O–H groups in total. The molecule has 2 aliphatic rings. The summed E-state index contributed by atoms with van der Waals surface area (Å²) in [6, 6.07) is 5.73. The largest absolute Gasteiger partial charge is 0.496 e. The van der Waals surface area contributed by atoms with E-state index in [9.17, 15) is 22.8 Å². The van der Waals surface area contributed by atoms with Gasteiger partial charge in [-0.2, -0.15) is 0 Å². The Morgan fingerprint density at radius 1 is 1.30 bits per heavy atom. The van der Waals surface area contributed by atoms with Crippen molar-refractivity contribution in [3.05, 3.63) is 29.8 Å². The fourth-order valence-corrected chi connectivity index (χ4v) is 5.85. The SMILES string of the molecule is COc1ccccc1CNC(=O)C1CCCN(S(=O)(=O)C2C(=O)NC(=O)NC2C)C1. The Balaban J connectivity index is 1.66. The second-order valence-corrected chi connectivity index (χ2v) is 9.50. The smallest absolute Gasteiger partial charge is 0.321 e. The number of para-hydroxylation sites is 1. The number of rotatable bonds is 6. The topological polar surface area (TPSA) is 134 Å². The number of piperidine rings is 1. The van der Waals surface area contributed by atoms with Gasteiger partial charge in [-0.25, -0.2) is 17.5 Å². The molecule has 0 bridgehead atoms. The molecule has 2 heterocycles. The van der Waals surface area contributed by atoms with Crippen LogP contribution in [0.15, 0.2) is 24.3 Å². The van der Waals surface area contributed by atoms with E-state index in [0.717, 1.165) is 5.56 Å². The van der Waals surface area contributed by atoms with Crippen LogP contribution in [0, 0.1) is 5.92 Å². The predicted molar refractivity (Wildman–Crippen MR) is 108 cm³/mol. The zero-order valence-corrected chi connectivity index (χ0v) is 17.7. The third kappa shape index (κ3) is 4.57. The first-order valence-corrected chi connectivity index (χ1v) is 11.2. The molecule has 1 aromatic carbocycles. The highest BCUT2D eigenvalue weighted by molar-refractivity contribution is 7.90. The Morgan fingerprint density at radius 3 is 2.73 bits per heavy atom. The van der Waals surface area contributed by atoms with Crippen molar-refractivity contribution in [1.29, 1.82) is 0 Å². The van der Waals surface area contributed by atoms with Crippen LogP contribution >= 0.6 is 0 Å². The van der Waals surface area contributed by atoms with Crippen molar-refractivity contribution in [3.8, 4) is 5.75 Å². The van der Waals surface area contributed by atoms with Crippen molar-refractivity contribution in [3.63, 3.8) is 0 Å². The molecule has 3 atom stereocenters. The maximum absolute atomic E-state index is 13.1. The first-order valence-electron chi connectivity index (χ1n) is 9.74. The Kier molecular flexibility index (Phi) is 6.61. The summed E-state index contributed by atoms with van der Waals surface area (Å²) in [6.07, 6.45) is 1.05. The molecule has 0 aromatic heterocycles. The summed E-state index contributed by atoms with van der Waals surface area (Å²) in [6.45, 7) is 1.95. The lowest BCUT2D eigenvalue weighted by molar-refractivity contribution is -0.126. The van der Waals surface area contributed by atoms with Gasteiger partial charge >= 0.3 is 6.03 Å². The molecule has 2 aliphatic heterocycles. The van der Waals surface area contributed by atoms with Gasteiger partial charge in [-0.1, -0.05) is 18.2 Å². The first-order chi connectivity index (χ1) is 14.2. The van der Waals surface area contributed by atoms with Crippen LogP contribution in [0.3, 0.4) is 0 Å². The molecule has 0 spiro atoms. The number of amides is 4. The Hall–Kier alpha value is -2.66. The second kappa shape index (κ2) is 9.00. The van der Waals surface area contributed by atoms with Gasteiger partial charge < -0.3 is 15.4 Å². The summed E-state index contributed by atoms with van der Waals surface area (Å²) in [5.41, 5.74) is 0.817. The van der Waals surface area contributed by atoms with Gasteiger partial charge in [0.15, 0.2) is 5.25 Å². The Labute approximate surface area is 175 Å². The van der Waals surface area contributed by atoms with Crippen LogP contribution in [-0.2, 0) is 26.2 Å². The average molecular weight is 439 g/mol. The monoisotopic (exact) mass is 438 g/mol. The molecule has 1 aromatic rings. The van der Waals surface area contributed by atoms with Gasteiger partial charge in [-0.3, -0.25) is 14.9 Å². The highest BCUT2D eigenvalue weighted by Gasteiger charge is 2.46. The standard InChI is InChI=1S/C19H26N4O6S/c1-12-16(18(25)22-19(26)21-12)30(27,28)23-9-5-7-14(11-23)17(24)20-10-13-6-3-4-8-15(13)29-2/h3-4,6,8,12,14,16H,5,7,9-11H2,1-2H3,(H,20,24)(H2,21,22,25,26). The maximum atomic E-state index is 13.1. The first kappa shape index (κ1) is 22.0. The van der Waals surface area contributed by atoms with E-state index < -0.39 is 39.2 Å². The third-order valence-corrected chi connectivity index (χ3v) is 7.70. The van der Waals surface area contributed by atoms with Crippen LogP contribution in [0.5, 0.6) is 5.75 Å². The van der Waals surface area contributed by atoms with Crippen LogP contribution in [0.4, 0.5) is 4.79 Å². The van der Waals surface area contributed by atoms with Crippen molar-refractivity contribution < 1.29 is 27.5 Å². The van der Waals surface area contributed by atoms with E-state index in [2.05, 4.69) is 10.6 Å². The highest BCUT2D eigenvalue weighted by atomic mass is 32.2. The van der Waals surface area contributed by atoms with Crippen molar-refractivity contribution in [1.82, 2.24) is 20.3 Å². The van der Waals surface area contributed by atoms with Crippen molar-refractivity contribution in [2.75, 3.05) is 20.2 Å². The second-order valence-electron chi connectivity index (χ2n) is 7.44. The third-order valence-electron chi connectivity index (χ3n) is 5.39. The van der Waals surface area contributed by atoms with E-state index in [1.165, 1.54) is 11.2 Å². The molecule has 10 nitrogen and oxygen atoms in total. The van der Waals surface area contributed by atoms with Gasteiger partial charge in [0.1, 0.15) is 5.75 Å². The lowest BCUT2D eigenvalue weighted by atomic mass is 9.98. The number of carbonyl (C=O) groups excluding carboxylic acids is 3. The fourth-order valence-electron chi connectivity index (χ4n) is 3.85. The minimum Gasteiger partial charge on any atom is -0.496 e. The van der Waals surface area contributed by atoms with Crippen LogP contribution in [0.25, 0.3) is 0 Å². The van der Waals surface area contributed by atoms with E-state index in [4.69, 9.17) is 4.74 Å². The van der Waals surface area contributed by atoms with Crippen molar-refractivity contribution >= 4 is 27.9 Å². The summed E-state index contributed by atoms with van der Waals surface area (Å²) < 4.78 is 32.6. The molecule has 0 radical (unpaired) electrons. The molecule has 30 heavy (non-hydrogen) atoms. The quantitative estimate of drug-likeness (QED) is 0.570. The Bertz CT molecular complexity index is 935. The molecule has 164 valence electrons. The van der Waals surface area contributed by atoms with Crippen molar-refractivity contribution in [2.24, 2.45) is 5.92 Å². The van der Waals surface area contributed by atoms with Crippen LogP contribution in [0.1, 0.15) is 25.3 Å². The average Bonchev–Trinajstić information content (AvgIpc) is 2.71. The summed E-state index contributed by atoms with van der Waals surface area (Å²) in [4.78, 5) is 36.2. The Morgan fingerprint density at radius 2 is 2.03 bits per heavy atom. The van der Waals surface area contributed by atoms with E-state index >= 15 is 0 Å². The summed E-state index contributed by atoms with van der Waals surface area (Å²) in [5.74, 6) is -0.978. The zero-order chi connectivity index (χ0) is 21.9. The molecule has 4 amide bonds. The number of urea groups is 1. The number of imide groups is 1. The van der Waals surface area contributed by atoms with Crippen LogP contribution in [-0.4, -0.2) is 62.1 Å².